The summed E-state index contributed by atoms with van der Waals surface area (Å²) in [6.45, 7) is -0.0591. The van der Waals surface area contributed by atoms with Gasteiger partial charge in [0, 0.05) is 19.6 Å². The molecule has 3 N–H and O–H groups in total. The SMILES string of the molecule is CO[C@@H]1[C@H](O)[C@@H](CO)C[C@H]1[NH]. The van der Waals surface area contributed by atoms with Crippen LogP contribution in [0.2, 0.25) is 0 Å². The monoisotopic (exact) mass is 160 g/mol. The Morgan fingerprint density at radius 3 is 2.55 bits per heavy atom. The third-order valence-electron chi connectivity index (χ3n) is 2.28. The van der Waals surface area contributed by atoms with Crippen LogP contribution in [0.3, 0.4) is 0 Å². The Morgan fingerprint density at radius 1 is 1.64 bits per heavy atom. The summed E-state index contributed by atoms with van der Waals surface area (Å²) in [4.78, 5) is 0. The van der Waals surface area contributed by atoms with E-state index in [1.165, 1.54) is 7.11 Å². The highest BCUT2D eigenvalue weighted by atomic mass is 16.5. The lowest BCUT2D eigenvalue weighted by Gasteiger charge is -2.17. The van der Waals surface area contributed by atoms with E-state index in [1.54, 1.807) is 0 Å². The van der Waals surface area contributed by atoms with E-state index in [-0.39, 0.29) is 12.5 Å². The molecule has 0 bridgehead atoms. The van der Waals surface area contributed by atoms with Crippen LogP contribution < -0.4 is 5.73 Å². The molecule has 1 radical (unpaired) electrons. The van der Waals surface area contributed by atoms with E-state index in [2.05, 4.69) is 0 Å². The molecule has 1 fully saturated rings. The van der Waals surface area contributed by atoms with Gasteiger partial charge in [-0.05, 0) is 6.42 Å². The number of rotatable bonds is 2. The van der Waals surface area contributed by atoms with Gasteiger partial charge in [-0.3, -0.25) is 5.73 Å². The second-order valence-corrected chi connectivity index (χ2v) is 2.98. The van der Waals surface area contributed by atoms with Gasteiger partial charge in [0.25, 0.3) is 0 Å². The number of nitrogens with one attached hydrogen (secondary N) is 1. The lowest BCUT2D eigenvalue weighted by molar-refractivity contribution is -0.0224. The summed E-state index contributed by atoms with van der Waals surface area (Å²) in [5.41, 5.74) is 7.46. The number of methoxy groups -OCH3 is 1. The van der Waals surface area contributed by atoms with E-state index in [4.69, 9.17) is 15.6 Å². The summed E-state index contributed by atoms with van der Waals surface area (Å²) in [5, 5.41) is 18.2. The van der Waals surface area contributed by atoms with Gasteiger partial charge in [0.1, 0.15) is 0 Å². The van der Waals surface area contributed by atoms with Crippen LogP contribution in [-0.2, 0) is 4.74 Å². The van der Waals surface area contributed by atoms with Crippen molar-refractivity contribution < 1.29 is 14.9 Å². The lowest BCUT2D eigenvalue weighted by atomic mass is 10.1. The van der Waals surface area contributed by atoms with Crippen LogP contribution in [-0.4, -0.2) is 42.2 Å². The first-order valence-electron chi connectivity index (χ1n) is 3.73. The Balaban J connectivity index is 2.55. The van der Waals surface area contributed by atoms with E-state index in [1.807, 2.05) is 0 Å². The van der Waals surface area contributed by atoms with Crippen molar-refractivity contribution in [2.24, 2.45) is 5.92 Å². The zero-order chi connectivity index (χ0) is 8.43. The minimum Gasteiger partial charge on any atom is -0.396 e. The number of hydrogen-bond acceptors (Lipinski definition) is 3. The minimum atomic E-state index is -0.674. The molecule has 65 valence electrons. The van der Waals surface area contributed by atoms with Crippen LogP contribution in [0, 0.1) is 5.92 Å². The number of hydrogen-bond donors (Lipinski definition) is 2. The van der Waals surface area contributed by atoms with Crippen LogP contribution in [0.1, 0.15) is 6.42 Å². The maximum Gasteiger partial charge on any atom is 0.0999 e. The average molecular weight is 160 g/mol. The van der Waals surface area contributed by atoms with E-state index in [9.17, 15) is 5.11 Å². The molecule has 11 heavy (non-hydrogen) atoms. The first-order chi connectivity index (χ1) is 5.20. The van der Waals surface area contributed by atoms with E-state index < -0.39 is 18.2 Å². The van der Waals surface area contributed by atoms with Crippen molar-refractivity contribution >= 4 is 0 Å². The molecule has 4 nitrogen and oxygen atoms in total. The Kier molecular flexibility index (Phi) is 2.84. The predicted molar refractivity (Wildman–Crippen MR) is 38.9 cm³/mol. The highest BCUT2D eigenvalue weighted by Gasteiger charge is 2.40. The fourth-order valence-electron chi connectivity index (χ4n) is 1.59. The van der Waals surface area contributed by atoms with E-state index in [0.29, 0.717) is 6.42 Å². The molecule has 0 aromatic heterocycles. The van der Waals surface area contributed by atoms with Crippen LogP contribution in [0.15, 0.2) is 0 Å². The molecule has 0 heterocycles. The van der Waals surface area contributed by atoms with Crippen molar-refractivity contribution in [2.75, 3.05) is 13.7 Å². The zero-order valence-corrected chi connectivity index (χ0v) is 6.53. The molecule has 0 unspecified atom stereocenters. The van der Waals surface area contributed by atoms with Crippen molar-refractivity contribution in [1.82, 2.24) is 5.73 Å². The molecule has 0 saturated heterocycles. The zero-order valence-electron chi connectivity index (χ0n) is 6.53. The van der Waals surface area contributed by atoms with Crippen molar-refractivity contribution in [2.45, 2.75) is 24.7 Å². The van der Waals surface area contributed by atoms with Gasteiger partial charge in [0.05, 0.1) is 18.2 Å². The number of aliphatic hydroxyl groups excluding tert-OH is 2. The third-order valence-corrected chi connectivity index (χ3v) is 2.28. The number of ether oxygens (including phenoxy) is 1. The summed E-state index contributed by atoms with van der Waals surface area (Å²) in [7, 11) is 1.48. The molecular weight excluding hydrogens is 146 g/mol. The Morgan fingerprint density at radius 2 is 2.27 bits per heavy atom. The molecule has 1 saturated carbocycles. The highest BCUT2D eigenvalue weighted by Crippen LogP contribution is 2.27. The number of aliphatic hydroxyl groups is 2. The third kappa shape index (κ3) is 1.54. The van der Waals surface area contributed by atoms with Crippen molar-refractivity contribution in [3.8, 4) is 0 Å². The first-order valence-corrected chi connectivity index (χ1v) is 3.73. The van der Waals surface area contributed by atoms with Gasteiger partial charge in [-0.2, -0.15) is 0 Å². The molecule has 0 aromatic rings. The van der Waals surface area contributed by atoms with Gasteiger partial charge < -0.3 is 14.9 Å². The van der Waals surface area contributed by atoms with Crippen LogP contribution in [0.25, 0.3) is 0 Å². The summed E-state index contributed by atoms with van der Waals surface area (Å²) >= 11 is 0. The maximum absolute atomic E-state index is 9.41. The molecule has 0 aromatic carbocycles. The molecule has 0 spiro atoms. The summed E-state index contributed by atoms with van der Waals surface area (Å²) < 4.78 is 4.92. The standard InChI is InChI=1S/C7H14NO3/c1-11-7-5(8)2-4(3-9)6(7)10/h4-10H,2-3H2,1H3/t4-,5-,6-,7+/m1/s1. The van der Waals surface area contributed by atoms with Gasteiger partial charge in [0.2, 0.25) is 0 Å². The van der Waals surface area contributed by atoms with Crippen LogP contribution in [0.4, 0.5) is 0 Å². The fourth-order valence-corrected chi connectivity index (χ4v) is 1.59. The van der Waals surface area contributed by atoms with Gasteiger partial charge in [-0.25, -0.2) is 0 Å². The average Bonchev–Trinajstić information content (AvgIpc) is 2.26. The van der Waals surface area contributed by atoms with E-state index in [0.717, 1.165) is 0 Å². The normalized spacial score (nSPS) is 44.7. The second-order valence-electron chi connectivity index (χ2n) is 2.98. The van der Waals surface area contributed by atoms with Crippen molar-refractivity contribution in [3.05, 3.63) is 0 Å². The van der Waals surface area contributed by atoms with Crippen molar-refractivity contribution in [1.29, 1.82) is 0 Å². The van der Waals surface area contributed by atoms with E-state index >= 15 is 0 Å². The van der Waals surface area contributed by atoms with Crippen LogP contribution in [0.5, 0.6) is 0 Å². The molecule has 1 rings (SSSR count). The molecule has 4 heteroatoms. The smallest absolute Gasteiger partial charge is 0.0999 e. The summed E-state index contributed by atoms with van der Waals surface area (Å²) in [6, 6.07) is -0.396. The van der Waals surface area contributed by atoms with Crippen LogP contribution >= 0.6 is 0 Å². The van der Waals surface area contributed by atoms with Gasteiger partial charge in [0.15, 0.2) is 0 Å². The lowest BCUT2D eigenvalue weighted by Crippen LogP contribution is -2.34. The molecule has 1 aliphatic carbocycles. The van der Waals surface area contributed by atoms with Gasteiger partial charge in [-0.15, -0.1) is 0 Å². The highest BCUT2D eigenvalue weighted by molar-refractivity contribution is 4.93. The van der Waals surface area contributed by atoms with Crippen molar-refractivity contribution in [3.63, 3.8) is 0 Å². The fraction of sp³-hybridized carbons (Fsp3) is 1.00. The quantitative estimate of drug-likeness (QED) is 0.545. The summed E-state index contributed by atoms with van der Waals surface area (Å²) in [6.07, 6.45) is -0.574. The topological polar surface area (TPSA) is 73.5 Å². The Hall–Kier alpha value is -0.160. The largest absolute Gasteiger partial charge is 0.396 e. The Labute approximate surface area is 66.0 Å². The second kappa shape index (κ2) is 3.49. The Bertz CT molecular complexity index is 131. The molecule has 0 aliphatic heterocycles. The van der Waals surface area contributed by atoms with Gasteiger partial charge >= 0.3 is 0 Å². The molecule has 0 amide bonds. The first kappa shape index (κ1) is 8.93. The van der Waals surface area contributed by atoms with Gasteiger partial charge in [-0.1, -0.05) is 0 Å². The maximum atomic E-state index is 9.41. The molecule has 4 atom stereocenters. The predicted octanol–water partition coefficient (Wildman–Crippen LogP) is -0.974. The minimum absolute atomic E-state index is 0.0591. The molecule has 1 aliphatic rings. The summed E-state index contributed by atoms with van der Waals surface area (Å²) in [5.74, 6) is -0.178. The molecular formula is C7H14NO3.